The van der Waals surface area contributed by atoms with E-state index in [-0.39, 0.29) is 11.6 Å². The Morgan fingerprint density at radius 1 is 1.19 bits per heavy atom. The molecule has 0 spiro atoms. The summed E-state index contributed by atoms with van der Waals surface area (Å²) in [6.07, 6.45) is 0.339. The molecule has 2 aromatic carbocycles. The first-order valence-electron chi connectivity index (χ1n) is 6.74. The van der Waals surface area contributed by atoms with Crippen LogP contribution in [0.4, 0.5) is 10.1 Å². The van der Waals surface area contributed by atoms with Crippen LogP contribution in [-0.2, 0) is 0 Å². The standard InChI is InChI=1S/C17H18FNO2/c1-19(15-6-8-16(21-2)9-7-15)11-10-17(20)13-4-3-5-14(18)12-13/h3-9,12H,10-11H2,1-2H3. The van der Waals surface area contributed by atoms with Crippen LogP contribution in [0.25, 0.3) is 0 Å². The Morgan fingerprint density at radius 2 is 1.90 bits per heavy atom. The van der Waals surface area contributed by atoms with Gasteiger partial charge in [-0.3, -0.25) is 4.79 Å². The fraction of sp³-hybridized carbons (Fsp3) is 0.235. The lowest BCUT2D eigenvalue weighted by Crippen LogP contribution is -2.21. The van der Waals surface area contributed by atoms with Crippen LogP contribution in [0.1, 0.15) is 16.8 Å². The molecule has 3 nitrogen and oxygen atoms in total. The van der Waals surface area contributed by atoms with Gasteiger partial charge in [0.05, 0.1) is 7.11 Å². The average molecular weight is 287 g/mol. The highest BCUT2D eigenvalue weighted by Crippen LogP contribution is 2.18. The van der Waals surface area contributed by atoms with Gasteiger partial charge in [0.1, 0.15) is 11.6 Å². The number of carbonyl (C=O) groups is 1. The highest BCUT2D eigenvalue weighted by molar-refractivity contribution is 5.96. The predicted molar refractivity (Wildman–Crippen MR) is 81.6 cm³/mol. The van der Waals surface area contributed by atoms with Gasteiger partial charge in [0.2, 0.25) is 0 Å². The second kappa shape index (κ2) is 6.88. The van der Waals surface area contributed by atoms with E-state index in [4.69, 9.17) is 4.74 Å². The molecule has 0 bridgehead atoms. The van der Waals surface area contributed by atoms with Gasteiger partial charge in [0, 0.05) is 31.3 Å². The third-order valence-corrected chi connectivity index (χ3v) is 3.33. The monoisotopic (exact) mass is 287 g/mol. The van der Waals surface area contributed by atoms with Gasteiger partial charge < -0.3 is 9.64 Å². The van der Waals surface area contributed by atoms with Crippen LogP contribution in [0.5, 0.6) is 5.75 Å². The van der Waals surface area contributed by atoms with Crippen LogP contribution in [0.15, 0.2) is 48.5 Å². The Kier molecular flexibility index (Phi) is 4.93. The summed E-state index contributed by atoms with van der Waals surface area (Å²) in [5, 5.41) is 0. The molecule has 0 heterocycles. The Labute approximate surface area is 124 Å². The number of nitrogens with zero attached hydrogens (tertiary/aromatic N) is 1. The van der Waals surface area contributed by atoms with Crippen LogP contribution >= 0.6 is 0 Å². The number of carbonyl (C=O) groups excluding carboxylic acids is 1. The third-order valence-electron chi connectivity index (χ3n) is 3.33. The van der Waals surface area contributed by atoms with Crippen molar-refractivity contribution in [2.45, 2.75) is 6.42 Å². The zero-order chi connectivity index (χ0) is 15.2. The van der Waals surface area contributed by atoms with Gasteiger partial charge in [-0.1, -0.05) is 12.1 Å². The van der Waals surface area contributed by atoms with Crippen LogP contribution < -0.4 is 9.64 Å². The van der Waals surface area contributed by atoms with Crippen molar-refractivity contribution in [3.05, 3.63) is 59.9 Å². The number of hydrogen-bond acceptors (Lipinski definition) is 3. The lowest BCUT2D eigenvalue weighted by molar-refractivity contribution is 0.0984. The molecule has 0 saturated carbocycles. The average Bonchev–Trinajstić information content (AvgIpc) is 2.52. The van der Waals surface area contributed by atoms with Crippen molar-refractivity contribution < 1.29 is 13.9 Å². The first-order valence-corrected chi connectivity index (χ1v) is 6.74. The number of rotatable bonds is 6. The fourth-order valence-electron chi connectivity index (χ4n) is 2.04. The summed E-state index contributed by atoms with van der Waals surface area (Å²) in [6, 6.07) is 13.4. The number of methoxy groups -OCH3 is 1. The fourth-order valence-corrected chi connectivity index (χ4v) is 2.04. The van der Waals surface area contributed by atoms with E-state index >= 15 is 0 Å². The summed E-state index contributed by atoms with van der Waals surface area (Å²) in [7, 11) is 3.54. The number of anilines is 1. The zero-order valence-electron chi connectivity index (χ0n) is 12.2. The lowest BCUT2D eigenvalue weighted by atomic mass is 10.1. The first kappa shape index (κ1) is 15.0. The van der Waals surface area contributed by atoms with Crippen LogP contribution in [0.2, 0.25) is 0 Å². The van der Waals surface area contributed by atoms with Crippen molar-refractivity contribution in [1.29, 1.82) is 0 Å². The number of hydrogen-bond donors (Lipinski definition) is 0. The molecular formula is C17H18FNO2. The molecular weight excluding hydrogens is 269 g/mol. The molecule has 0 saturated heterocycles. The minimum atomic E-state index is -0.385. The van der Waals surface area contributed by atoms with E-state index in [1.807, 2.05) is 36.2 Å². The molecule has 4 heteroatoms. The van der Waals surface area contributed by atoms with Crippen molar-refractivity contribution in [2.24, 2.45) is 0 Å². The molecule has 110 valence electrons. The van der Waals surface area contributed by atoms with Crippen LogP contribution in [-0.4, -0.2) is 26.5 Å². The summed E-state index contributed by atoms with van der Waals surface area (Å²) in [6.45, 7) is 0.571. The van der Waals surface area contributed by atoms with Crippen LogP contribution in [0.3, 0.4) is 0 Å². The quantitative estimate of drug-likeness (QED) is 0.761. The summed E-state index contributed by atoms with van der Waals surface area (Å²) in [4.78, 5) is 14.0. The van der Waals surface area contributed by atoms with Crippen molar-refractivity contribution in [1.82, 2.24) is 0 Å². The Bertz CT molecular complexity index is 610. The van der Waals surface area contributed by atoms with E-state index in [1.165, 1.54) is 12.1 Å². The summed E-state index contributed by atoms with van der Waals surface area (Å²) in [5.74, 6) is 0.349. The molecule has 0 unspecified atom stereocenters. The summed E-state index contributed by atoms with van der Waals surface area (Å²) < 4.78 is 18.2. The molecule has 0 atom stereocenters. The molecule has 0 aliphatic heterocycles. The zero-order valence-corrected chi connectivity index (χ0v) is 12.2. The second-order valence-corrected chi connectivity index (χ2v) is 4.80. The van der Waals surface area contributed by atoms with Gasteiger partial charge >= 0.3 is 0 Å². The topological polar surface area (TPSA) is 29.5 Å². The maximum absolute atomic E-state index is 13.1. The van der Waals surface area contributed by atoms with Gasteiger partial charge in [-0.25, -0.2) is 4.39 Å². The minimum Gasteiger partial charge on any atom is -0.497 e. The molecule has 0 aliphatic carbocycles. The number of halogens is 1. The largest absolute Gasteiger partial charge is 0.497 e. The maximum Gasteiger partial charge on any atom is 0.164 e. The number of ketones is 1. The van der Waals surface area contributed by atoms with E-state index < -0.39 is 0 Å². The highest BCUT2D eigenvalue weighted by Gasteiger charge is 2.09. The third kappa shape index (κ3) is 4.05. The molecule has 2 rings (SSSR count). The number of ether oxygens (including phenoxy) is 1. The lowest BCUT2D eigenvalue weighted by Gasteiger charge is -2.19. The van der Waals surface area contributed by atoms with Crippen molar-refractivity contribution in [2.75, 3.05) is 25.6 Å². The molecule has 0 aromatic heterocycles. The first-order chi connectivity index (χ1) is 10.1. The van der Waals surface area contributed by atoms with E-state index in [0.717, 1.165) is 11.4 Å². The molecule has 0 amide bonds. The minimum absolute atomic E-state index is 0.0603. The van der Waals surface area contributed by atoms with Gasteiger partial charge in [-0.15, -0.1) is 0 Å². The second-order valence-electron chi connectivity index (χ2n) is 4.80. The smallest absolute Gasteiger partial charge is 0.164 e. The molecule has 0 aliphatic rings. The van der Waals surface area contributed by atoms with Crippen molar-refractivity contribution in [3.8, 4) is 5.75 Å². The van der Waals surface area contributed by atoms with Crippen molar-refractivity contribution >= 4 is 11.5 Å². The van der Waals surface area contributed by atoms with E-state index in [0.29, 0.717) is 18.5 Å². The Hall–Kier alpha value is -2.36. The van der Waals surface area contributed by atoms with Crippen LogP contribution in [0, 0.1) is 5.82 Å². The molecule has 0 fully saturated rings. The molecule has 0 N–H and O–H groups in total. The number of benzene rings is 2. The SMILES string of the molecule is COc1ccc(N(C)CCC(=O)c2cccc(F)c2)cc1. The molecule has 0 radical (unpaired) electrons. The van der Waals surface area contributed by atoms with Gasteiger partial charge in [-0.2, -0.15) is 0 Å². The highest BCUT2D eigenvalue weighted by atomic mass is 19.1. The Morgan fingerprint density at radius 3 is 2.52 bits per heavy atom. The Balaban J connectivity index is 1.93. The predicted octanol–water partition coefficient (Wildman–Crippen LogP) is 3.54. The van der Waals surface area contributed by atoms with E-state index in [9.17, 15) is 9.18 Å². The van der Waals surface area contributed by atoms with Gasteiger partial charge in [0.15, 0.2) is 5.78 Å². The van der Waals surface area contributed by atoms with Gasteiger partial charge in [-0.05, 0) is 36.4 Å². The van der Waals surface area contributed by atoms with Crippen molar-refractivity contribution in [3.63, 3.8) is 0 Å². The van der Waals surface area contributed by atoms with E-state index in [2.05, 4.69) is 0 Å². The normalized spacial score (nSPS) is 10.2. The maximum atomic E-state index is 13.1. The van der Waals surface area contributed by atoms with E-state index in [1.54, 1.807) is 19.2 Å². The molecule has 21 heavy (non-hydrogen) atoms. The summed E-state index contributed by atoms with van der Waals surface area (Å²) >= 11 is 0. The van der Waals surface area contributed by atoms with Gasteiger partial charge in [0.25, 0.3) is 0 Å². The number of Topliss-reactive ketones (excluding diaryl/α,β-unsaturated/α-hetero) is 1. The molecule has 2 aromatic rings. The summed E-state index contributed by atoms with van der Waals surface area (Å²) in [5.41, 5.74) is 1.42.